The Bertz CT molecular complexity index is 490. The van der Waals surface area contributed by atoms with E-state index in [1.807, 2.05) is 12.3 Å². The van der Waals surface area contributed by atoms with Crippen molar-refractivity contribution in [3.63, 3.8) is 0 Å². The van der Waals surface area contributed by atoms with Crippen molar-refractivity contribution in [2.24, 2.45) is 0 Å². The second-order valence-electron chi connectivity index (χ2n) is 5.21. The van der Waals surface area contributed by atoms with Crippen molar-refractivity contribution in [2.45, 2.75) is 45.7 Å². The molecule has 108 valence electrons. The second kappa shape index (κ2) is 7.85. The molecule has 1 aromatic carbocycles. The number of nitrogens with zero attached hydrogens (tertiary/aromatic N) is 2. The van der Waals surface area contributed by atoms with E-state index in [1.165, 1.54) is 24.8 Å². The molecule has 0 fully saturated rings. The minimum atomic E-state index is 0.525. The van der Waals surface area contributed by atoms with Gasteiger partial charge in [-0.1, -0.05) is 50.6 Å². The summed E-state index contributed by atoms with van der Waals surface area (Å²) in [5.41, 5.74) is 1.18. The number of imidazole rings is 1. The van der Waals surface area contributed by atoms with E-state index >= 15 is 0 Å². The van der Waals surface area contributed by atoms with Gasteiger partial charge in [-0.3, -0.25) is 0 Å². The summed E-state index contributed by atoms with van der Waals surface area (Å²) >= 11 is 0. The summed E-state index contributed by atoms with van der Waals surface area (Å²) < 4.78 is 2.26. The maximum atomic E-state index is 4.52. The molecule has 3 nitrogen and oxygen atoms in total. The quantitative estimate of drug-likeness (QED) is 0.793. The Morgan fingerprint density at radius 1 is 1.15 bits per heavy atom. The normalized spacial score (nSPS) is 12.5. The fourth-order valence-corrected chi connectivity index (χ4v) is 2.50. The lowest BCUT2D eigenvalue weighted by molar-refractivity contribution is 0.422. The van der Waals surface area contributed by atoms with Gasteiger partial charge < -0.3 is 9.88 Å². The van der Waals surface area contributed by atoms with Crippen molar-refractivity contribution in [1.82, 2.24) is 14.9 Å². The maximum Gasteiger partial charge on any atom is 0.139 e. The van der Waals surface area contributed by atoms with Crippen LogP contribution in [0.1, 0.15) is 33.1 Å². The van der Waals surface area contributed by atoms with Crippen molar-refractivity contribution in [1.29, 1.82) is 0 Å². The average Bonchev–Trinajstić information content (AvgIpc) is 2.94. The lowest BCUT2D eigenvalue weighted by Gasteiger charge is -2.19. The van der Waals surface area contributed by atoms with Gasteiger partial charge in [0.1, 0.15) is 5.82 Å². The molecular weight excluding hydrogens is 246 g/mol. The smallest absolute Gasteiger partial charge is 0.139 e. The molecule has 0 aliphatic heterocycles. The van der Waals surface area contributed by atoms with Gasteiger partial charge in [0, 0.05) is 30.5 Å². The standard InChI is InChI=1S/C17H25N3/c1-3-8-16(18-11-4-2)14-20-13-12-19-17(20)15-9-6-5-7-10-15/h5-7,9-10,12-13,16,18H,3-4,8,11,14H2,1-2H3. The van der Waals surface area contributed by atoms with Crippen LogP contribution in [0.2, 0.25) is 0 Å². The monoisotopic (exact) mass is 271 g/mol. The topological polar surface area (TPSA) is 29.9 Å². The molecule has 3 heteroatoms. The van der Waals surface area contributed by atoms with Crippen molar-refractivity contribution >= 4 is 0 Å². The number of hydrogen-bond acceptors (Lipinski definition) is 2. The summed E-state index contributed by atoms with van der Waals surface area (Å²) in [6.45, 7) is 6.52. The average molecular weight is 271 g/mol. The molecule has 2 aromatic rings. The van der Waals surface area contributed by atoms with Crippen LogP contribution in [0.3, 0.4) is 0 Å². The summed E-state index contributed by atoms with van der Waals surface area (Å²) in [4.78, 5) is 4.52. The summed E-state index contributed by atoms with van der Waals surface area (Å²) in [5, 5.41) is 3.64. The Labute approximate surface area is 122 Å². The first kappa shape index (κ1) is 14.8. The highest BCUT2D eigenvalue weighted by Gasteiger charge is 2.11. The predicted molar refractivity (Wildman–Crippen MR) is 84.7 cm³/mol. The zero-order valence-electron chi connectivity index (χ0n) is 12.5. The Hall–Kier alpha value is -1.61. The minimum Gasteiger partial charge on any atom is -0.329 e. The molecule has 0 aliphatic rings. The SMILES string of the molecule is CCCNC(CCC)Cn1ccnc1-c1ccccc1. The largest absolute Gasteiger partial charge is 0.329 e. The Morgan fingerprint density at radius 2 is 1.95 bits per heavy atom. The first-order valence-electron chi connectivity index (χ1n) is 7.65. The van der Waals surface area contributed by atoms with Gasteiger partial charge in [0.05, 0.1) is 0 Å². The maximum absolute atomic E-state index is 4.52. The zero-order valence-corrected chi connectivity index (χ0v) is 12.5. The number of rotatable bonds is 8. The van der Waals surface area contributed by atoms with Crippen LogP contribution in [-0.4, -0.2) is 22.1 Å². The Morgan fingerprint density at radius 3 is 2.65 bits per heavy atom. The van der Waals surface area contributed by atoms with Gasteiger partial charge in [0.2, 0.25) is 0 Å². The third kappa shape index (κ3) is 3.94. The molecule has 2 rings (SSSR count). The molecule has 1 unspecified atom stereocenters. The van der Waals surface area contributed by atoms with Crippen molar-refractivity contribution < 1.29 is 0 Å². The number of aromatic nitrogens is 2. The van der Waals surface area contributed by atoms with Crippen LogP contribution >= 0.6 is 0 Å². The van der Waals surface area contributed by atoms with E-state index in [0.29, 0.717) is 6.04 Å². The molecule has 0 aliphatic carbocycles. The lowest BCUT2D eigenvalue weighted by Crippen LogP contribution is -2.33. The highest BCUT2D eigenvalue weighted by Crippen LogP contribution is 2.17. The van der Waals surface area contributed by atoms with Crippen LogP contribution in [0.5, 0.6) is 0 Å². The van der Waals surface area contributed by atoms with Crippen molar-refractivity contribution in [2.75, 3.05) is 6.54 Å². The highest BCUT2D eigenvalue weighted by molar-refractivity contribution is 5.55. The van der Waals surface area contributed by atoms with Crippen LogP contribution < -0.4 is 5.32 Å². The molecule has 1 heterocycles. The molecule has 0 saturated heterocycles. The molecule has 20 heavy (non-hydrogen) atoms. The fourth-order valence-electron chi connectivity index (χ4n) is 2.50. The summed E-state index contributed by atoms with van der Waals surface area (Å²) in [5.74, 6) is 1.06. The molecule has 1 aromatic heterocycles. The molecule has 0 amide bonds. The van der Waals surface area contributed by atoms with E-state index in [0.717, 1.165) is 18.9 Å². The van der Waals surface area contributed by atoms with Crippen molar-refractivity contribution in [3.8, 4) is 11.4 Å². The number of benzene rings is 1. The van der Waals surface area contributed by atoms with Gasteiger partial charge in [0.15, 0.2) is 0 Å². The van der Waals surface area contributed by atoms with Gasteiger partial charge in [-0.15, -0.1) is 0 Å². The summed E-state index contributed by atoms with van der Waals surface area (Å²) in [7, 11) is 0. The summed E-state index contributed by atoms with van der Waals surface area (Å²) in [6, 6.07) is 10.9. The Kier molecular flexibility index (Phi) is 5.81. The van der Waals surface area contributed by atoms with E-state index in [-0.39, 0.29) is 0 Å². The van der Waals surface area contributed by atoms with Crippen molar-refractivity contribution in [3.05, 3.63) is 42.7 Å². The molecular formula is C17H25N3. The third-order valence-electron chi connectivity index (χ3n) is 3.48. The van der Waals surface area contributed by atoms with Crippen LogP contribution in [0, 0.1) is 0 Å². The molecule has 0 bridgehead atoms. The number of nitrogens with one attached hydrogen (secondary N) is 1. The fraction of sp³-hybridized carbons (Fsp3) is 0.471. The van der Waals surface area contributed by atoms with E-state index in [1.54, 1.807) is 0 Å². The molecule has 1 N–H and O–H groups in total. The van der Waals surface area contributed by atoms with E-state index in [9.17, 15) is 0 Å². The van der Waals surface area contributed by atoms with Gasteiger partial charge in [-0.05, 0) is 19.4 Å². The van der Waals surface area contributed by atoms with Crippen LogP contribution in [0.4, 0.5) is 0 Å². The molecule has 0 radical (unpaired) electrons. The van der Waals surface area contributed by atoms with Crippen LogP contribution in [-0.2, 0) is 6.54 Å². The zero-order chi connectivity index (χ0) is 14.2. The third-order valence-corrected chi connectivity index (χ3v) is 3.48. The first-order valence-corrected chi connectivity index (χ1v) is 7.65. The second-order valence-corrected chi connectivity index (χ2v) is 5.21. The van der Waals surface area contributed by atoms with Gasteiger partial charge in [-0.2, -0.15) is 0 Å². The van der Waals surface area contributed by atoms with Gasteiger partial charge >= 0.3 is 0 Å². The van der Waals surface area contributed by atoms with Gasteiger partial charge in [-0.25, -0.2) is 4.98 Å². The number of hydrogen-bond donors (Lipinski definition) is 1. The predicted octanol–water partition coefficient (Wildman–Crippen LogP) is 3.72. The van der Waals surface area contributed by atoms with E-state index in [2.05, 4.69) is 59.2 Å². The highest BCUT2D eigenvalue weighted by atomic mass is 15.1. The van der Waals surface area contributed by atoms with E-state index in [4.69, 9.17) is 0 Å². The molecule has 1 atom stereocenters. The van der Waals surface area contributed by atoms with Crippen LogP contribution in [0.25, 0.3) is 11.4 Å². The summed E-state index contributed by atoms with van der Waals surface area (Å²) in [6.07, 6.45) is 7.56. The van der Waals surface area contributed by atoms with Gasteiger partial charge in [0.25, 0.3) is 0 Å². The molecule has 0 spiro atoms. The lowest BCUT2D eigenvalue weighted by atomic mass is 10.1. The minimum absolute atomic E-state index is 0.525. The van der Waals surface area contributed by atoms with Crippen LogP contribution in [0.15, 0.2) is 42.7 Å². The van der Waals surface area contributed by atoms with E-state index < -0.39 is 0 Å². The molecule has 0 saturated carbocycles. The Balaban J connectivity index is 2.10. The first-order chi connectivity index (χ1) is 9.85.